The lowest BCUT2D eigenvalue weighted by Gasteiger charge is -2.23. The highest BCUT2D eigenvalue weighted by molar-refractivity contribution is 9.10. The van der Waals surface area contributed by atoms with Crippen molar-refractivity contribution >= 4 is 27.9 Å². The van der Waals surface area contributed by atoms with E-state index < -0.39 is 16.3 Å². The van der Waals surface area contributed by atoms with Crippen LogP contribution < -0.4 is 0 Å². The van der Waals surface area contributed by atoms with Gasteiger partial charge in [-0.2, -0.15) is 0 Å². The van der Waals surface area contributed by atoms with E-state index in [1.165, 1.54) is 0 Å². The van der Waals surface area contributed by atoms with Crippen LogP contribution in [-0.2, 0) is 25.5 Å². The smallest absolute Gasteiger partial charge is 0.334 e. The van der Waals surface area contributed by atoms with Crippen LogP contribution in [0.2, 0.25) is 0 Å². The van der Waals surface area contributed by atoms with E-state index in [4.69, 9.17) is 9.47 Å². The molecular formula is C16H21BrO4. The van der Waals surface area contributed by atoms with E-state index in [2.05, 4.69) is 15.9 Å². The number of halogens is 1. The van der Waals surface area contributed by atoms with E-state index in [1.54, 1.807) is 13.8 Å². The number of hydrogen-bond acceptors (Lipinski definition) is 4. The van der Waals surface area contributed by atoms with E-state index in [9.17, 15) is 9.59 Å². The van der Waals surface area contributed by atoms with Crippen molar-refractivity contribution in [1.82, 2.24) is 0 Å². The van der Waals surface area contributed by atoms with Crippen molar-refractivity contribution < 1.29 is 19.1 Å². The number of aryl methyl sites for hydroxylation is 2. The molecule has 0 heterocycles. The summed E-state index contributed by atoms with van der Waals surface area (Å²) in [4.78, 5) is 24.4. The first-order valence-corrected chi connectivity index (χ1v) is 7.73. The monoisotopic (exact) mass is 356 g/mol. The minimum Gasteiger partial charge on any atom is -0.464 e. The summed E-state index contributed by atoms with van der Waals surface area (Å²) >= 11 is 3.26. The molecular weight excluding hydrogens is 336 g/mol. The summed E-state index contributed by atoms with van der Waals surface area (Å²) in [6.45, 7) is 7.76. The average molecular weight is 357 g/mol. The summed E-state index contributed by atoms with van der Waals surface area (Å²) in [5, 5.41) is 0. The number of carbonyl (C=O) groups is 2. The van der Waals surface area contributed by atoms with Gasteiger partial charge in [-0.05, 0) is 33.3 Å². The zero-order valence-corrected chi connectivity index (χ0v) is 14.5. The van der Waals surface area contributed by atoms with Gasteiger partial charge in [0.15, 0.2) is 0 Å². The molecule has 0 radical (unpaired) electrons. The van der Waals surface area contributed by atoms with Gasteiger partial charge in [-0.3, -0.25) is 0 Å². The number of hydrogen-bond donors (Lipinski definition) is 0. The molecule has 4 nitrogen and oxygen atoms in total. The van der Waals surface area contributed by atoms with Crippen LogP contribution in [0.4, 0.5) is 0 Å². The number of rotatable bonds is 6. The minimum absolute atomic E-state index is 0.188. The molecule has 0 saturated heterocycles. The predicted octanol–water partition coefficient (Wildman–Crippen LogP) is 3.11. The number of esters is 2. The molecule has 5 heteroatoms. The molecule has 0 aliphatic rings. The first kappa shape index (κ1) is 17.7. The number of alkyl halides is 1. The Morgan fingerprint density at radius 1 is 1.00 bits per heavy atom. The molecule has 0 aromatic heterocycles. The normalized spacial score (nSPS) is 11.1. The average Bonchev–Trinajstić information content (AvgIpc) is 2.37. The molecule has 1 aromatic carbocycles. The SMILES string of the molecule is CCOC(=O)C(Br)(Cc1cc(C)cc(C)c1)C(=O)OCC. The van der Waals surface area contributed by atoms with Gasteiger partial charge in [-0.1, -0.05) is 45.3 Å². The van der Waals surface area contributed by atoms with Gasteiger partial charge in [0.1, 0.15) is 0 Å². The third-order valence-electron chi connectivity index (χ3n) is 2.93. The summed E-state index contributed by atoms with van der Waals surface area (Å²) in [5.41, 5.74) is 3.03. The first-order valence-electron chi connectivity index (χ1n) is 6.94. The molecule has 0 spiro atoms. The zero-order valence-electron chi connectivity index (χ0n) is 12.9. The van der Waals surface area contributed by atoms with E-state index >= 15 is 0 Å². The van der Waals surface area contributed by atoms with Crippen molar-refractivity contribution in [2.45, 2.75) is 38.4 Å². The van der Waals surface area contributed by atoms with Crippen molar-refractivity contribution in [3.63, 3.8) is 0 Å². The molecule has 0 aliphatic heterocycles. The van der Waals surface area contributed by atoms with Crippen molar-refractivity contribution in [1.29, 1.82) is 0 Å². The Morgan fingerprint density at radius 3 is 1.81 bits per heavy atom. The van der Waals surface area contributed by atoms with Gasteiger partial charge in [-0.15, -0.1) is 0 Å². The van der Waals surface area contributed by atoms with Crippen LogP contribution in [0.5, 0.6) is 0 Å². The Morgan fingerprint density at radius 2 is 1.43 bits per heavy atom. The summed E-state index contributed by atoms with van der Waals surface area (Å²) in [6, 6.07) is 5.93. The van der Waals surface area contributed by atoms with Gasteiger partial charge in [-0.25, -0.2) is 9.59 Å². The maximum Gasteiger partial charge on any atom is 0.334 e. The van der Waals surface area contributed by atoms with Gasteiger partial charge in [0.2, 0.25) is 4.32 Å². The van der Waals surface area contributed by atoms with Crippen molar-refractivity contribution in [3.05, 3.63) is 34.9 Å². The quantitative estimate of drug-likeness (QED) is 0.446. The van der Waals surface area contributed by atoms with Gasteiger partial charge in [0.25, 0.3) is 0 Å². The van der Waals surface area contributed by atoms with Crippen LogP contribution in [0, 0.1) is 13.8 Å². The molecule has 1 aromatic rings. The van der Waals surface area contributed by atoms with Crippen molar-refractivity contribution in [2.24, 2.45) is 0 Å². The first-order chi connectivity index (χ1) is 9.83. The van der Waals surface area contributed by atoms with Crippen molar-refractivity contribution in [2.75, 3.05) is 13.2 Å². The summed E-state index contributed by atoms with van der Waals surface area (Å²) < 4.78 is 8.54. The summed E-state index contributed by atoms with van der Waals surface area (Å²) in [6.07, 6.45) is 0.188. The fourth-order valence-electron chi connectivity index (χ4n) is 2.17. The van der Waals surface area contributed by atoms with Gasteiger partial charge in [0.05, 0.1) is 13.2 Å². The lowest BCUT2D eigenvalue weighted by molar-refractivity contribution is -0.158. The summed E-state index contributed by atoms with van der Waals surface area (Å²) in [7, 11) is 0. The molecule has 1 rings (SSSR count). The number of carbonyl (C=O) groups excluding carboxylic acids is 2. The molecule has 0 N–H and O–H groups in total. The Labute approximate surface area is 133 Å². The van der Waals surface area contributed by atoms with Crippen LogP contribution >= 0.6 is 15.9 Å². The van der Waals surface area contributed by atoms with Gasteiger partial charge < -0.3 is 9.47 Å². The summed E-state index contributed by atoms with van der Waals surface area (Å²) in [5.74, 6) is -1.25. The zero-order chi connectivity index (χ0) is 16.0. The molecule has 0 fully saturated rings. The number of benzene rings is 1. The molecule has 0 unspecified atom stereocenters. The highest BCUT2D eigenvalue weighted by Crippen LogP contribution is 2.28. The second-order valence-electron chi connectivity index (χ2n) is 4.91. The largest absolute Gasteiger partial charge is 0.464 e. The Balaban J connectivity index is 3.12. The molecule has 0 bridgehead atoms. The number of ether oxygens (including phenoxy) is 2. The topological polar surface area (TPSA) is 52.6 Å². The standard InChI is InChI=1S/C16H21BrO4/c1-5-20-14(18)16(17,15(19)21-6-2)10-13-8-11(3)7-12(4)9-13/h7-9H,5-6,10H2,1-4H3. The fourth-order valence-corrected chi connectivity index (χ4v) is 2.72. The minimum atomic E-state index is -1.50. The molecule has 0 amide bonds. The third kappa shape index (κ3) is 4.56. The second-order valence-corrected chi connectivity index (χ2v) is 6.27. The van der Waals surface area contributed by atoms with E-state index in [0.717, 1.165) is 16.7 Å². The lowest BCUT2D eigenvalue weighted by Crippen LogP contribution is -2.45. The van der Waals surface area contributed by atoms with Crippen molar-refractivity contribution in [3.8, 4) is 0 Å². The highest BCUT2D eigenvalue weighted by Gasteiger charge is 2.46. The van der Waals surface area contributed by atoms with Crippen LogP contribution in [0.15, 0.2) is 18.2 Å². The van der Waals surface area contributed by atoms with E-state index in [0.29, 0.717) is 0 Å². The Hall–Kier alpha value is -1.36. The molecule has 116 valence electrons. The maximum atomic E-state index is 12.2. The fraction of sp³-hybridized carbons (Fsp3) is 0.500. The van der Waals surface area contributed by atoms with Crippen LogP contribution in [0.3, 0.4) is 0 Å². The van der Waals surface area contributed by atoms with Gasteiger partial charge in [0, 0.05) is 6.42 Å². The molecule has 0 saturated carbocycles. The highest BCUT2D eigenvalue weighted by atomic mass is 79.9. The van der Waals surface area contributed by atoms with Gasteiger partial charge >= 0.3 is 11.9 Å². The maximum absolute atomic E-state index is 12.2. The molecule has 0 atom stereocenters. The second kappa shape index (κ2) is 7.59. The third-order valence-corrected chi connectivity index (χ3v) is 3.86. The van der Waals surface area contributed by atoms with Crippen LogP contribution in [-0.4, -0.2) is 29.5 Å². The molecule has 21 heavy (non-hydrogen) atoms. The van der Waals surface area contributed by atoms with E-state index in [1.807, 2.05) is 32.0 Å². The van der Waals surface area contributed by atoms with E-state index in [-0.39, 0.29) is 19.6 Å². The Bertz CT molecular complexity index is 487. The Kier molecular flexibility index (Phi) is 6.40. The lowest BCUT2D eigenvalue weighted by atomic mass is 9.96. The van der Waals surface area contributed by atoms with Crippen LogP contribution in [0.25, 0.3) is 0 Å². The predicted molar refractivity (Wildman–Crippen MR) is 84.5 cm³/mol. The molecule has 0 aliphatic carbocycles. The van der Waals surface area contributed by atoms with Crippen LogP contribution in [0.1, 0.15) is 30.5 Å².